The van der Waals surface area contributed by atoms with Gasteiger partial charge in [0.2, 0.25) is 15.9 Å². The summed E-state index contributed by atoms with van der Waals surface area (Å²) in [4.78, 5) is 4.23. The summed E-state index contributed by atoms with van der Waals surface area (Å²) in [6.07, 6.45) is 4.47. The number of sulfonamides is 1. The van der Waals surface area contributed by atoms with Crippen molar-refractivity contribution in [2.45, 2.75) is 24.3 Å². The van der Waals surface area contributed by atoms with Crippen molar-refractivity contribution in [1.82, 2.24) is 14.4 Å². The number of rotatable bonds is 4. The Labute approximate surface area is 122 Å². The fourth-order valence-corrected chi connectivity index (χ4v) is 3.53. The molecular weight excluding hydrogens is 294 g/mol. The molecule has 1 aliphatic rings. The van der Waals surface area contributed by atoms with E-state index in [-0.39, 0.29) is 11.0 Å². The van der Waals surface area contributed by atoms with Crippen molar-refractivity contribution in [2.75, 3.05) is 13.1 Å². The molecule has 1 unspecified atom stereocenters. The zero-order valence-electron chi connectivity index (χ0n) is 11.5. The van der Waals surface area contributed by atoms with Crippen molar-refractivity contribution in [2.24, 2.45) is 0 Å². The van der Waals surface area contributed by atoms with Gasteiger partial charge in [0.05, 0.1) is 12.7 Å². The van der Waals surface area contributed by atoms with Gasteiger partial charge in [-0.25, -0.2) is 13.4 Å². The van der Waals surface area contributed by atoms with E-state index in [0.717, 1.165) is 11.8 Å². The van der Waals surface area contributed by atoms with Gasteiger partial charge in [-0.05, 0) is 18.9 Å². The van der Waals surface area contributed by atoms with Gasteiger partial charge in [-0.2, -0.15) is 4.31 Å². The molecule has 1 saturated heterocycles. The number of ether oxygens (including phenoxy) is 1. The molecular formula is C13H15N3O4S. The number of aryl methyl sites for hydroxylation is 1. The lowest BCUT2D eigenvalue weighted by molar-refractivity contribution is 0.207. The molecule has 3 heterocycles. The van der Waals surface area contributed by atoms with Crippen molar-refractivity contribution in [3.63, 3.8) is 0 Å². The Hall–Kier alpha value is -1.93. The molecule has 0 saturated carbocycles. The third-order valence-corrected chi connectivity index (χ3v) is 5.14. The van der Waals surface area contributed by atoms with Gasteiger partial charge >= 0.3 is 0 Å². The molecule has 1 fully saturated rings. The highest BCUT2D eigenvalue weighted by molar-refractivity contribution is 7.89. The van der Waals surface area contributed by atoms with E-state index in [1.807, 2.05) is 13.0 Å². The van der Waals surface area contributed by atoms with Crippen LogP contribution in [-0.2, 0) is 10.0 Å². The Kier molecular flexibility index (Phi) is 3.64. The number of hydrogen-bond acceptors (Lipinski definition) is 6. The minimum absolute atomic E-state index is 0.0663. The van der Waals surface area contributed by atoms with Gasteiger partial charge < -0.3 is 9.26 Å². The average molecular weight is 309 g/mol. The molecule has 21 heavy (non-hydrogen) atoms. The van der Waals surface area contributed by atoms with Crippen LogP contribution in [0, 0.1) is 6.92 Å². The quantitative estimate of drug-likeness (QED) is 0.844. The molecule has 8 heteroatoms. The number of aromatic nitrogens is 2. The molecule has 0 amide bonds. The highest BCUT2D eigenvalue weighted by atomic mass is 32.2. The Balaban J connectivity index is 1.67. The van der Waals surface area contributed by atoms with Gasteiger partial charge in [-0.3, -0.25) is 0 Å². The van der Waals surface area contributed by atoms with Gasteiger partial charge in [-0.15, -0.1) is 0 Å². The molecule has 1 atom stereocenters. The predicted molar refractivity (Wildman–Crippen MR) is 73.3 cm³/mol. The molecule has 0 N–H and O–H groups in total. The van der Waals surface area contributed by atoms with Crippen molar-refractivity contribution in [3.05, 3.63) is 36.4 Å². The van der Waals surface area contributed by atoms with Crippen LogP contribution in [0.15, 0.2) is 40.2 Å². The normalized spacial score (nSPS) is 19.8. The van der Waals surface area contributed by atoms with Crippen LogP contribution in [0.3, 0.4) is 0 Å². The Bertz CT molecular complexity index is 698. The summed E-state index contributed by atoms with van der Waals surface area (Å²) in [5.74, 6) is 0.509. The molecule has 0 radical (unpaired) electrons. The summed E-state index contributed by atoms with van der Waals surface area (Å²) in [5, 5.41) is 3.43. The van der Waals surface area contributed by atoms with Crippen LogP contribution in [0.1, 0.15) is 12.0 Å². The maximum absolute atomic E-state index is 12.3. The second-order valence-electron chi connectivity index (χ2n) is 4.93. The number of nitrogens with zero attached hydrogens (tertiary/aromatic N) is 3. The first-order valence-corrected chi connectivity index (χ1v) is 7.98. The van der Waals surface area contributed by atoms with E-state index < -0.39 is 10.0 Å². The molecule has 1 aliphatic heterocycles. The van der Waals surface area contributed by atoms with E-state index >= 15 is 0 Å². The van der Waals surface area contributed by atoms with Crippen molar-refractivity contribution in [3.8, 4) is 5.88 Å². The van der Waals surface area contributed by atoms with Crippen LogP contribution in [0.2, 0.25) is 0 Å². The molecule has 7 nitrogen and oxygen atoms in total. The second-order valence-corrected chi connectivity index (χ2v) is 6.86. The molecule has 3 rings (SSSR count). The number of pyridine rings is 1. The third-order valence-electron chi connectivity index (χ3n) is 3.33. The highest BCUT2D eigenvalue weighted by Crippen LogP contribution is 2.23. The van der Waals surface area contributed by atoms with E-state index in [0.29, 0.717) is 25.4 Å². The standard InChI is InChI=1S/C13H15N3O4S/c1-10-2-3-13(14-6-10)20-11-4-5-16(8-11)21(17,18)12-7-15-19-9-12/h2-3,6-7,9,11H,4-5,8H2,1H3. The van der Waals surface area contributed by atoms with Crippen LogP contribution < -0.4 is 4.74 Å². The van der Waals surface area contributed by atoms with Gasteiger partial charge in [0.1, 0.15) is 17.3 Å². The topological polar surface area (TPSA) is 85.5 Å². The van der Waals surface area contributed by atoms with E-state index in [9.17, 15) is 8.42 Å². The molecule has 2 aromatic heterocycles. The lowest BCUT2D eigenvalue weighted by atomic mass is 10.3. The summed E-state index contributed by atoms with van der Waals surface area (Å²) in [6, 6.07) is 3.69. The van der Waals surface area contributed by atoms with Crippen LogP contribution in [0.4, 0.5) is 0 Å². The summed E-state index contributed by atoms with van der Waals surface area (Å²) >= 11 is 0. The predicted octanol–water partition coefficient (Wildman–Crippen LogP) is 1.22. The first kappa shape index (κ1) is 14.0. The molecule has 0 aliphatic carbocycles. The summed E-state index contributed by atoms with van der Waals surface area (Å²) in [6.45, 7) is 2.65. The first-order chi connectivity index (χ1) is 10.1. The molecule has 112 valence electrons. The highest BCUT2D eigenvalue weighted by Gasteiger charge is 2.34. The van der Waals surface area contributed by atoms with Crippen LogP contribution in [0.25, 0.3) is 0 Å². The smallest absolute Gasteiger partial charge is 0.248 e. The van der Waals surface area contributed by atoms with E-state index in [1.165, 1.54) is 10.5 Å². The third kappa shape index (κ3) is 2.91. The van der Waals surface area contributed by atoms with Crippen LogP contribution in [0.5, 0.6) is 5.88 Å². The fraction of sp³-hybridized carbons (Fsp3) is 0.385. The first-order valence-electron chi connectivity index (χ1n) is 6.54. The number of hydrogen-bond donors (Lipinski definition) is 0. The summed E-state index contributed by atoms with van der Waals surface area (Å²) < 4.78 is 36.3. The maximum atomic E-state index is 12.3. The minimum atomic E-state index is -3.55. The Morgan fingerprint density at radius 1 is 1.38 bits per heavy atom. The monoisotopic (exact) mass is 309 g/mol. The van der Waals surface area contributed by atoms with E-state index in [1.54, 1.807) is 12.3 Å². The molecule has 0 spiro atoms. The average Bonchev–Trinajstić information content (AvgIpc) is 3.12. The van der Waals surface area contributed by atoms with Gasteiger partial charge in [0, 0.05) is 18.8 Å². The summed E-state index contributed by atoms with van der Waals surface area (Å²) in [7, 11) is -3.55. The zero-order valence-corrected chi connectivity index (χ0v) is 12.3. The van der Waals surface area contributed by atoms with Crippen molar-refractivity contribution >= 4 is 10.0 Å². The van der Waals surface area contributed by atoms with Gasteiger partial charge in [-0.1, -0.05) is 11.2 Å². The lowest BCUT2D eigenvalue weighted by Gasteiger charge is -2.15. The SMILES string of the molecule is Cc1ccc(OC2CCN(S(=O)(=O)c3cnoc3)C2)nc1. The van der Waals surface area contributed by atoms with Gasteiger partial charge in [0.25, 0.3) is 0 Å². The largest absolute Gasteiger partial charge is 0.473 e. The van der Waals surface area contributed by atoms with Gasteiger partial charge in [0.15, 0.2) is 0 Å². The van der Waals surface area contributed by atoms with Crippen LogP contribution in [-0.4, -0.2) is 42.1 Å². The molecule has 0 aromatic carbocycles. The lowest BCUT2D eigenvalue weighted by Crippen LogP contribution is -2.30. The fourth-order valence-electron chi connectivity index (χ4n) is 2.18. The second kappa shape index (κ2) is 5.45. The van der Waals surface area contributed by atoms with Crippen molar-refractivity contribution in [1.29, 1.82) is 0 Å². The maximum Gasteiger partial charge on any atom is 0.248 e. The summed E-state index contributed by atoms with van der Waals surface area (Å²) in [5.41, 5.74) is 1.05. The van der Waals surface area contributed by atoms with Crippen LogP contribution >= 0.6 is 0 Å². The molecule has 0 bridgehead atoms. The Morgan fingerprint density at radius 3 is 2.90 bits per heavy atom. The van der Waals surface area contributed by atoms with E-state index in [2.05, 4.69) is 14.7 Å². The zero-order chi connectivity index (χ0) is 14.9. The minimum Gasteiger partial charge on any atom is -0.473 e. The van der Waals surface area contributed by atoms with E-state index in [4.69, 9.17) is 4.74 Å². The molecule has 2 aromatic rings. The van der Waals surface area contributed by atoms with Crippen molar-refractivity contribution < 1.29 is 17.7 Å². The Morgan fingerprint density at radius 2 is 2.24 bits per heavy atom.